The summed E-state index contributed by atoms with van der Waals surface area (Å²) in [6.07, 6.45) is 13.9. The Balaban J connectivity index is 1.44. The zero-order valence-electron chi connectivity index (χ0n) is 12.5. The molecule has 110 valence electrons. The number of aryl methyl sites for hydroxylation is 1. The van der Waals surface area contributed by atoms with Crippen LogP contribution in [0.4, 0.5) is 0 Å². The summed E-state index contributed by atoms with van der Waals surface area (Å²) in [5.74, 6) is 3.94. The molecule has 3 heteroatoms. The molecular formula is C17H26N2O. The molecule has 4 saturated carbocycles. The predicted molar refractivity (Wildman–Crippen MR) is 78.1 cm³/mol. The SMILES string of the molecule is Cn1ccnc1CC(O)CC12CC3CC(CC(C3)C1)C2. The monoisotopic (exact) mass is 274 g/mol. The van der Waals surface area contributed by atoms with Crippen LogP contribution in [0.15, 0.2) is 12.4 Å². The Hall–Kier alpha value is -0.830. The smallest absolute Gasteiger partial charge is 0.110 e. The van der Waals surface area contributed by atoms with Crippen molar-refractivity contribution in [3.8, 4) is 0 Å². The van der Waals surface area contributed by atoms with Gasteiger partial charge in [0, 0.05) is 25.9 Å². The predicted octanol–water partition coefficient (Wildman–Crippen LogP) is 2.93. The van der Waals surface area contributed by atoms with E-state index in [-0.39, 0.29) is 6.10 Å². The van der Waals surface area contributed by atoms with Crippen LogP contribution in [0.2, 0.25) is 0 Å². The van der Waals surface area contributed by atoms with Gasteiger partial charge in [0.2, 0.25) is 0 Å². The first-order chi connectivity index (χ1) is 9.62. The van der Waals surface area contributed by atoms with Gasteiger partial charge in [0.05, 0.1) is 6.10 Å². The molecule has 1 aromatic heterocycles. The van der Waals surface area contributed by atoms with Crippen molar-refractivity contribution in [1.29, 1.82) is 0 Å². The molecule has 0 aromatic carbocycles. The molecule has 0 aliphatic heterocycles. The van der Waals surface area contributed by atoms with Crippen LogP contribution in [0.25, 0.3) is 0 Å². The summed E-state index contributed by atoms with van der Waals surface area (Å²) in [5.41, 5.74) is 0.472. The summed E-state index contributed by atoms with van der Waals surface area (Å²) in [4.78, 5) is 4.35. The van der Waals surface area contributed by atoms with E-state index in [0.29, 0.717) is 11.8 Å². The molecule has 5 rings (SSSR count). The molecule has 1 heterocycles. The molecule has 20 heavy (non-hydrogen) atoms. The Bertz CT molecular complexity index is 458. The van der Waals surface area contributed by atoms with Crippen LogP contribution >= 0.6 is 0 Å². The van der Waals surface area contributed by atoms with Crippen LogP contribution < -0.4 is 0 Å². The maximum atomic E-state index is 10.6. The van der Waals surface area contributed by atoms with Gasteiger partial charge in [-0.15, -0.1) is 0 Å². The van der Waals surface area contributed by atoms with Crippen LogP contribution in [-0.4, -0.2) is 20.8 Å². The Labute approximate surface area is 121 Å². The minimum Gasteiger partial charge on any atom is -0.393 e. The van der Waals surface area contributed by atoms with Gasteiger partial charge in [0.25, 0.3) is 0 Å². The van der Waals surface area contributed by atoms with Crippen LogP contribution in [-0.2, 0) is 13.5 Å². The minimum absolute atomic E-state index is 0.215. The molecule has 4 bridgehead atoms. The van der Waals surface area contributed by atoms with E-state index < -0.39 is 0 Å². The van der Waals surface area contributed by atoms with Crippen molar-refractivity contribution in [2.24, 2.45) is 30.2 Å². The third-order valence-electron chi connectivity index (χ3n) is 6.17. The summed E-state index contributed by atoms with van der Waals surface area (Å²) in [6.45, 7) is 0. The molecule has 0 amide bonds. The fourth-order valence-electron chi connectivity index (χ4n) is 5.92. The molecular weight excluding hydrogens is 248 g/mol. The Kier molecular flexibility index (Phi) is 2.95. The zero-order chi connectivity index (χ0) is 13.7. The summed E-state index contributed by atoms with van der Waals surface area (Å²) in [7, 11) is 2.01. The summed E-state index contributed by atoms with van der Waals surface area (Å²) < 4.78 is 2.03. The van der Waals surface area contributed by atoms with E-state index in [4.69, 9.17) is 0 Å². The summed E-state index contributed by atoms with van der Waals surface area (Å²) >= 11 is 0. The highest BCUT2D eigenvalue weighted by Gasteiger charge is 2.51. The molecule has 4 aliphatic rings. The van der Waals surface area contributed by atoms with Crippen molar-refractivity contribution in [2.75, 3.05) is 0 Å². The lowest BCUT2D eigenvalue weighted by Gasteiger charge is -2.57. The molecule has 1 atom stereocenters. The first kappa shape index (κ1) is 12.9. The quantitative estimate of drug-likeness (QED) is 0.916. The molecule has 1 N–H and O–H groups in total. The third-order valence-corrected chi connectivity index (χ3v) is 6.17. The van der Waals surface area contributed by atoms with Crippen molar-refractivity contribution in [1.82, 2.24) is 9.55 Å². The highest BCUT2D eigenvalue weighted by Crippen LogP contribution is 2.61. The van der Waals surface area contributed by atoms with Gasteiger partial charge in [-0.2, -0.15) is 0 Å². The number of imidazole rings is 1. The van der Waals surface area contributed by atoms with E-state index in [1.54, 1.807) is 0 Å². The van der Waals surface area contributed by atoms with E-state index in [1.807, 2.05) is 24.0 Å². The lowest BCUT2D eigenvalue weighted by atomic mass is 9.48. The maximum Gasteiger partial charge on any atom is 0.110 e. The molecule has 0 spiro atoms. The highest BCUT2D eigenvalue weighted by atomic mass is 16.3. The fraction of sp³-hybridized carbons (Fsp3) is 0.824. The number of aromatic nitrogens is 2. The molecule has 1 aromatic rings. The van der Waals surface area contributed by atoms with E-state index >= 15 is 0 Å². The number of aliphatic hydroxyl groups excluding tert-OH is 1. The molecule has 4 aliphatic carbocycles. The van der Waals surface area contributed by atoms with E-state index in [2.05, 4.69) is 4.98 Å². The van der Waals surface area contributed by atoms with Crippen LogP contribution in [0.5, 0.6) is 0 Å². The van der Waals surface area contributed by atoms with Gasteiger partial charge < -0.3 is 9.67 Å². The van der Waals surface area contributed by atoms with Crippen molar-refractivity contribution in [3.63, 3.8) is 0 Å². The standard InChI is InChI=1S/C17H26N2O/c1-19-3-2-18-16(19)7-15(20)11-17-8-12-4-13(9-17)6-14(5-12)10-17/h2-3,12-15,20H,4-11H2,1H3. The number of aliphatic hydroxyl groups is 1. The lowest BCUT2D eigenvalue weighted by Crippen LogP contribution is -2.47. The second-order valence-corrected chi connectivity index (χ2v) is 7.93. The van der Waals surface area contributed by atoms with Crippen LogP contribution in [0.3, 0.4) is 0 Å². The summed E-state index contributed by atoms with van der Waals surface area (Å²) in [5, 5.41) is 10.6. The Morgan fingerprint density at radius 2 is 1.85 bits per heavy atom. The summed E-state index contributed by atoms with van der Waals surface area (Å²) in [6, 6.07) is 0. The van der Waals surface area contributed by atoms with Gasteiger partial charge in [-0.25, -0.2) is 4.98 Å². The molecule has 4 fully saturated rings. The first-order valence-electron chi connectivity index (χ1n) is 8.26. The lowest BCUT2D eigenvalue weighted by molar-refractivity contribution is -0.0758. The van der Waals surface area contributed by atoms with Gasteiger partial charge in [0.1, 0.15) is 5.82 Å². The molecule has 0 radical (unpaired) electrons. The van der Waals surface area contributed by atoms with Gasteiger partial charge >= 0.3 is 0 Å². The topological polar surface area (TPSA) is 38.0 Å². The van der Waals surface area contributed by atoms with Gasteiger partial charge in [-0.3, -0.25) is 0 Å². The highest BCUT2D eigenvalue weighted by molar-refractivity contribution is 5.03. The molecule has 3 nitrogen and oxygen atoms in total. The number of nitrogens with zero attached hydrogens (tertiary/aromatic N) is 2. The fourth-order valence-corrected chi connectivity index (χ4v) is 5.92. The Morgan fingerprint density at radius 1 is 1.25 bits per heavy atom. The first-order valence-corrected chi connectivity index (χ1v) is 8.26. The van der Waals surface area contributed by atoms with Crippen molar-refractivity contribution in [3.05, 3.63) is 18.2 Å². The Morgan fingerprint density at radius 3 is 2.35 bits per heavy atom. The zero-order valence-corrected chi connectivity index (χ0v) is 12.5. The minimum atomic E-state index is -0.215. The second kappa shape index (κ2) is 4.59. The second-order valence-electron chi connectivity index (χ2n) is 7.93. The van der Waals surface area contributed by atoms with E-state index in [1.165, 1.54) is 38.5 Å². The van der Waals surface area contributed by atoms with E-state index in [9.17, 15) is 5.11 Å². The normalized spacial score (nSPS) is 40.2. The van der Waals surface area contributed by atoms with Crippen molar-refractivity contribution < 1.29 is 5.11 Å². The van der Waals surface area contributed by atoms with E-state index in [0.717, 1.165) is 30.0 Å². The van der Waals surface area contributed by atoms with Crippen molar-refractivity contribution in [2.45, 2.75) is 57.5 Å². The number of hydrogen-bond donors (Lipinski definition) is 1. The largest absolute Gasteiger partial charge is 0.393 e. The van der Waals surface area contributed by atoms with Crippen LogP contribution in [0, 0.1) is 23.2 Å². The van der Waals surface area contributed by atoms with Crippen molar-refractivity contribution >= 4 is 0 Å². The number of rotatable bonds is 4. The van der Waals surface area contributed by atoms with Crippen LogP contribution in [0.1, 0.15) is 50.8 Å². The van der Waals surface area contributed by atoms with Gasteiger partial charge in [-0.05, 0) is 68.1 Å². The number of hydrogen-bond acceptors (Lipinski definition) is 2. The molecule has 1 unspecified atom stereocenters. The average Bonchev–Trinajstić information content (AvgIpc) is 2.72. The maximum absolute atomic E-state index is 10.6. The average molecular weight is 274 g/mol. The molecule has 0 saturated heterocycles. The third kappa shape index (κ3) is 2.20. The van der Waals surface area contributed by atoms with Gasteiger partial charge in [0.15, 0.2) is 0 Å². The van der Waals surface area contributed by atoms with Gasteiger partial charge in [-0.1, -0.05) is 0 Å².